The van der Waals surface area contributed by atoms with Crippen LogP contribution in [0.4, 0.5) is 13.2 Å². The fourth-order valence-electron chi connectivity index (χ4n) is 3.53. The van der Waals surface area contributed by atoms with Gasteiger partial charge in [0.15, 0.2) is 0 Å². The number of carbonyl (C=O) groups excluding carboxylic acids is 1. The summed E-state index contributed by atoms with van der Waals surface area (Å²) in [6.45, 7) is 2.73. The minimum Gasteiger partial charge on any atom is -0.406 e. The number of hydrogen-bond acceptors (Lipinski definition) is 4. The lowest BCUT2D eigenvalue weighted by Gasteiger charge is -2.35. The van der Waals surface area contributed by atoms with Gasteiger partial charge >= 0.3 is 6.36 Å². The van der Waals surface area contributed by atoms with Gasteiger partial charge in [-0.3, -0.25) is 4.79 Å². The van der Waals surface area contributed by atoms with Crippen LogP contribution in [0, 0.1) is 0 Å². The molecule has 1 N–H and O–H groups in total. The third-order valence-corrected chi connectivity index (χ3v) is 5.30. The van der Waals surface area contributed by atoms with E-state index in [9.17, 15) is 23.1 Å². The van der Waals surface area contributed by atoms with Crippen LogP contribution in [0.3, 0.4) is 0 Å². The number of aromatic nitrogens is 2. The number of carbonyl (C=O) groups is 1. The Morgan fingerprint density at radius 2 is 1.73 bits per heavy atom. The van der Waals surface area contributed by atoms with Gasteiger partial charge in [-0.2, -0.15) is 5.10 Å². The zero-order valence-electron chi connectivity index (χ0n) is 16.2. The van der Waals surface area contributed by atoms with Crippen molar-refractivity contribution in [3.8, 4) is 16.9 Å². The molecule has 6 nitrogen and oxygen atoms in total. The Morgan fingerprint density at radius 3 is 2.37 bits per heavy atom. The van der Waals surface area contributed by atoms with E-state index in [2.05, 4.69) is 9.84 Å². The first-order valence-corrected chi connectivity index (χ1v) is 9.47. The molecule has 0 radical (unpaired) electrons. The molecular weight excluding hydrogens is 399 g/mol. The molecule has 0 bridgehead atoms. The smallest absolute Gasteiger partial charge is 0.406 e. The fourth-order valence-corrected chi connectivity index (χ4v) is 3.53. The summed E-state index contributed by atoms with van der Waals surface area (Å²) in [5.41, 5.74) is 1.79. The van der Waals surface area contributed by atoms with E-state index in [4.69, 9.17) is 0 Å². The maximum absolute atomic E-state index is 12.9. The highest BCUT2D eigenvalue weighted by molar-refractivity contribution is 6.00. The Balaban J connectivity index is 1.54. The lowest BCUT2D eigenvalue weighted by atomic mass is 9.93. The summed E-state index contributed by atoms with van der Waals surface area (Å²) in [7, 11) is 0. The van der Waals surface area contributed by atoms with Gasteiger partial charge in [-0.15, -0.1) is 13.2 Å². The first kappa shape index (κ1) is 20.2. The quantitative estimate of drug-likeness (QED) is 0.700. The molecule has 0 spiro atoms. The molecule has 4 rings (SSSR count). The van der Waals surface area contributed by atoms with E-state index in [0.29, 0.717) is 42.6 Å². The van der Waals surface area contributed by atoms with Crippen molar-refractivity contribution in [3.63, 3.8) is 0 Å². The summed E-state index contributed by atoms with van der Waals surface area (Å²) in [5, 5.41) is 14.3. The number of nitrogens with zero attached hydrogens (tertiary/aromatic N) is 3. The molecule has 1 saturated heterocycles. The Bertz CT molecular complexity index is 1060. The first-order valence-electron chi connectivity index (χ1n) is 9.47. The number of piperidine rings is 1. The minimum atomic E-state index is -4.73. The zero-order valence-corrected chi connectivity index (χ0v) is 16.2. The van der Waals surface area contributed by atoms with Gasteiger partial charge in [-0.05, 0) is 43.5 Å². The van der Waals surface area contributed by atoms with Gasteiger partial charge in [0.1, 0.15) is 5.75 Å². The second-order valence-corrected chi connectivity index (χ2v) is 7.67. The highest BCUT2D eigenvalue weighted by atomic mass is 19.4. The van der Waals surface area contributed by atoms with Crippen LogP contribution >= 0.6 is 0 Å². The number of amides is 1. The Morgan fingerprint density at radius 1 is 1.10 bits per heavy atom. The molecule has 0 atom stereocenters. The van der Waals surface area contributed by atoms with Gasteiger partial charge in [-0.25, -0.2) is 4.52 Å². The summed E-state index contributed by atoms with van der Waals surface area (Å²) in [5.74, 6) is -0.429. The molecule has 3 heterocycles. The number of rotatable bonds is 3. The molecular formula is C21H20F3N3O3. The van der Waals surface area contributed by atoms with Crippen LogP contribution < -0.4 is 4.74 Å². The average molecular weight is 419 g/mol. The summed E-state index contributed by atoms with van der Waals surface area (Å²) in [4.78, 5) is 14.6. The van der Waals surface area contributed by atoms with Gasteiger partial charge < -0.3 is 14.7 Å². The number of alkyl halides is 3. The van der Waals surface area contributed by atoms with E-state index in [1.165, 1.54) is 30.5 Å². The van der Waals surface area contributed by atoms with Crippen molar-refractivity contribution in [3.05, 3.63) is 54.4 Å². The summed E-state index contributed by atoms with van der Waals surface area (Å²) < 4.78 is 42.4. The molecule has 158 valence electrons. The molecule has 1 aromatic carbocycles. The van der Waals surface area contributed by atoms with Crippen LogP contribution in [0.5, 0.6) is 5.75 Å². The molecule has 1 fully saturated rings. The maximum Gasteiger partial charge on any atom is 0.573 e. The third-order valence-electron chi connectivity index (χ3n) is 5.30. The van der Waals surface area contributed by atoms with Crippen molar-refractivity contribution in [1.82, 2.24) is 14.5 Å². The van der Waals surface area contributed by atoms with E-state index in [-0.39, 0.29) is 11.7 Å². The molecule has 1 aliphatic rings. The van der Waals surface area contributed by atoms with Crippen LogP contribution in [0.15, 0.2) is 48.8 Å². The standard InChI is InChI=1S/C21H20F3N3O3/c1-20(29)8-10-26(11-9-20)19(28)17-12-25-27-13-15(4-7-18(17)27)14-2-5-16(6-3-14)30-21(22,23)24/h2-7,12-13,29H,8-11H2,1H3. The highest BCUT2D eigenvalue weighted by Crippen LogP contribution is 2.28. The number of fused-ring (bicyclic) bond motifs is 1. The maximum atomic E-state index is 12.9. The van der Waals surface area contributed by atoms with Gasteiger partial charge in [0.25, 0.3) is 5.91 Å². The second kappa shape index (κ2) is 7.32. The van der Waals surface area contributed by atoms with E-state index < -0.39 is 12.0 Å². The van der Waals surface area contributed by atoms with E-state index in [1.54, 1.807) is 34.7 Å². The van der Waals surface area contributed by atoms with Crippen LogP contribution in [0.1, 0.15) is 30.1 Å². The van der Waals surface area contributed by atoms with E-state index in [1.807, 2.05) is 0 Å². The second-order valence-electron chi connectivity index (χ2n) is 7.67. The van der Waals surface area contributed by atoms with Crippen LogP contribution in [-0.4, -0.2) is 50.6 Å². The topological polar surface area (TPSA) is 67.1 Å². The molecule has 9 heteroatoms. The lowest BCUT2D eigenvalue weighted by Crippen LogP contribution is -2.45. The zero-order chi connectivity index (χ0) is 21.5. The predicted octanol–water partition coefficient (Wildman–Crippen LogP) is 3.89. The van der Waals surface area contributed by atoms with Gasteiger partial charge in [0.2, 0.25) is 0 Å². The highest BCUT2D eigenvalue weighted by Gasteiger charge is 2.32. The van der Waals surface area contributed by atoms with Crippen LogP contribution in [0.25, 0.3) is 16.6 Å². The average Bonchev–Trinajstić information content (AvgIpc) is 3.10. The van der Waals surface area contributed by atoms with E-state index >= 15 is 0 Å². The number of pyridine rings is 1. The van der Waals surface area contributed by atoms with Gasteiger partial charge in [0.05, 0.1) is 22.9 Å². The monoisotopic (exact) mass is 419 g/mol. The molecule has 2 aromatic heterocycles. The Hall–Kier alpha value is -3.07. The fraction of sp³-hybridized carbons (Fsp3) is 0.333. The van der Waals surface area contributed by atoms with Crippen LogP contribution in [0.2, 0.25) is 0 Å². The Labute approximate surface area is 170 Å². The number of likely N-dealkylation sites (tertiary alicyclic amines) is 1. The molecule has 30 heavy (non-hydrogen) atoms. The summed E-state index contributed by atoms with van der Waals surface area (Å²) >= 11 is 0. The predicted molar refractivity (Wildman–Crippen MR) is 103 cm³/mol. The summed E-state index contributed by atoms with van der Waals surface area (Å²) in [6.07, 6.45) is -0.462. The molecule has 0 saturated carbocycles. The largest absolute Gasteiger partial charge is 0.573 e. The SMILES string of the molecule is CC1(O)CCN(C(=O)c2cnn3cc(-c4ccc(OC(F)(F)F)cc4)ccc23)CC1. The van der Waals surface area contributed by atoms with Crippen molar-refractivity contribution in [2.45, 2.75) is 31.7 Å². The van der Waals surface area contributed by atoms with Crippen molar-refractivity contribution in [2.24, 2.45) is 0 Å². The molecule has 1 aliphatic heterocycles. The first-order chi connectivity index (χ1) is 14.1. The Kier molecular flexibility index (Phi) is 4.93. The third kappa shape index (κ3) is 4.25. The number of aliphatic hydroxyl groups is 1. The van der Waals surface area contributed by atoms with Gasteiger partial charge in [0, 0.05) is 24.8 Å². The molecule has 3 aromatic rings. The van der Waals surface area contributed by atoms with Crippen molar-refractivity contribution in [1.29, 1.82) is 0 Å². The number of ether oxygens (including phenoxy) is 1. The molecule has 0 unspecified atom stereocenters. The van der Waals surface area contributed by atoms with Crippen molar-refractivity contribution < 1.29 is 27.8 Å². The van der Waals surface area contributed by atoms with Gasteiger partial charge in [-0.1, -0.05) is 18.2 Å². The van der Waals surface area contributed by atoms with Crippen LogP contribution in [-0.2, 0) is 0 Å². The summed E-state index contributed by atoms with van der Waals surface area (Å²) in [6, 6.07) is 9.09. The normalized spacial score (nSPS) is 16.6. The molecule has 1 amide bonds. The van der Waals surface area contributed by atoms with Crippen molar-refractivity contribution >= 4 is 11.4 Å². The lowest BCUT2D eigenvalue weighted by molar-refractivity contribution is -0.274. The number of halogens is 3. The minimum absolute atomic E-state index is 0.137. The van der Waals surface area contributed by atoms with E-state index in [0.717, 1.165) is 5.56 Å². The number of hydrogen-bond donors (Lipinski definition) is 1. The van der Waals surface area contributed by atoms with Crippen molar-refractivity contribution in [2.75, 3.05) is 13.1 Å². The number of benzene rings is 1. The molecule has 0 aliphatic carbocycles.